The summed E-state index contributed by atoms with van der Waals surface area (Å²) in [4.78, 5) is 0. The quantitative estimate of drug-likeness (QED) is 0.729. The van der Waals surface area contributed by atoms with Crippen molar-refractivity contribution in [2.75, 3.05) is 34.9 Å². The number of rotatable bonds is 7. The summed E-state index contributed by atoms with van der Waals surface area (Å²) in [5, 5.41) is 1.83. The van der Waals surface area contributed by atoms with Crippen LogP contribution in [0.3, 0.4) is 0 Å². The molecule has 5 nitrogen and oxygen atoms in total. The fourth-order valence-electron chi connectivity index (χ4n) is 1.95. The van der Waals surface area contributed by atoms with Crippen LogP contribution in [0.25, 0.3) is 10.8 Å². The number of ether oxygens (including phenoxy) is 5. The first-order valence-corrected chi connectivity index (χ1v) is 6.15. The molecule has 0 spiro atoms. The smallest absolute Gasteiger partial charge is 0.188 e. The molecule has 0 aromatic heterocycles. The van der Waals surface area contributed by atoms with Crippen molar-refractivity contribution in [1.29, 1.82) is 0 Å². The van der Waals surface area contributed by atoms with E-state index in [1.165, 1.54) is 0 Å². The molecular formula is C15H18O5. The summed E-state index contributed by atoms with van der Waals surface area (Å²) in [5.41, 5.74) is 0. The molecule has 0 heterocycles. The number of hydrogen-bond donors (Lipinski definition) is 0. The third kappa shape index (κ3) is 2.95. The van der Waals surface area contributed by atoms with Gasteiger partial charge in [0.1, 0.15) is 5.75 Å². The molecule has 0 atom stereocenters. The summed E-state index contributed by atoms with van der Waals surface area (Å²) in [7, 11) is 4.74. The van der Waals surface area contributed by atoms with Crippen molar-refractivity contribution in [2.45, 2.75) is 0 Å². The van der Waals surface area contributed by atoms with Gasteiger partial charge < -0.3 is 23.7 Å². The molecule has 5 heteroatoms. The average molecular weight is 278 g/mol. The van der Waals surface area contributed by atoms with E-state index in [2.05, 4.69) is 0 Å². The molecule has 2 rings (SSSR count). The van der Waals surface area contributed by atoms with Crippen LogP contribution < -0.4 is 14.2 Å². The van der Waals surface area contributed by atoms with Crippen molar-refractivity contribution in [3.05, 3.63) is 30.3 Å². The van der Waals surface area contributed by atoms with E-state index in [4.69, 9.17) is 23.7 Å². The van der Waals surface area contributed by atoms with E-state index >= 15 is 0 Å². The molecule has 20 heavy (non-hydrogen) atoms. The minimum absolute atomic E-state index is 0.151. The topological polar surface area (TPSA) is 46.2 Å². The van der Waals surface area contributed by atoms with Crippen molar-refractivity contribution in [3.8, 4) is 17.2 Å². The van der Waals surface area contributed by atoms with Gasteiger partial charge in [-0.25, -0.2) is 0 Å². The highest BCUT2D eigenvalue weighted by atomic mass is 16.7. The molecule has 0 aliphatic heterocycles. The SMILES string of the molecule is COCOc1cc(OC)c(OCOC)c2ccccc12. The number of methoxy groups -OCH3 is 3. The standard InChI is InChI=1S/C15H18O5/c1-16-9-19-13-8-14(18-3)15(20-10-17-2)12-7-5-4-6-11(12)13/h4-8H,9-10H2,1-3H3. The van der Waals surface area contributed by atoms with Gasteiger partial charge >= 0.3 is 0 Å². The summed E-state index contributed by atoms with van der Waals surface area (Å²) in [6, 6.07) is 9.56. The Labute approximate surface area is 118 Å². The minimum Gasteiger partial charge on any atom is -0.493 e. The number of hydrogen-bond acceptors (Lipinski definition) is 5. The highest BCUT2D eigenvalue weighted by molar-refractivity contribution is 5.95. The van der Waals surface area contributed by atoms with E-state index in [0.29, 0.717) is 17.2 Å². The minimum atomic E-state index is 0.151. The van der Waals surface area contributed by atoms with Gasteiger partial charge in [0.2, 0.25) is 0 Å². The zero-order valence-electron chi connectivity index (χ0n) is 11.8. The van der Waals surface area contributed by atoms with Crippen LogP contribution >= 0.6 is 0 Å². The van der Waals surface area contributed by atoms with Gasteiger partial charge in [-0.05, 0) is 0 Å². The first-order valence-electron chi connectivity index (χ1n) is 6.15. The van der Waals surface area contributed by atoms with Gasteiger partial charge in [0.25, 0.3) is 0 Å². The first-order chi connectivity index (χ1) is 9.81. The fourth-order valence-corrected chi connectivity index (χ4v) is 1.95. The molecule has 0 aliphatic rings. The lowest BCUT2D eigenvalue weighted by molar-refractivity contribution is 0.0483. The summed E-state index contributed by atoms with van der Waals surface area (Å²) >= 11 is 0. The molecule has 0 N–H and O–H groups in total. The highest BCUT2D eigenvalue weighted by Crippen LogP contribution is 2.41. The second-order valence-electron chi connectivity index (χ2n) is 4.05. The van der Waals surface area contributed by atoms with Crippen molar-refractivity contribution < 1.29 is 23.7 Å². The normalized spacial score (nSPS) is 10.6. The van der Waals surface area contributed by atoms with Crippen LogP contribution in [0.5, 0.6) is 17.2 Å². The zero-order valence-corrected chi connectivity index (χ0v) is 11.8. The van der Waals surface area contributed by atoms with Gasteiger partial charge in [-0.3, -0.25) is 0 Å². The van der Waals surface area contributed by atoms with E-state index < -0.39 is 0 Å². The summed E-state index contributed by atoms with van der Waals surface area (Å²) in [6.45, 7) is 0.323. The molecular weight excluding hydrogens is 260 g/mol. The van der Waals surface area contributed by atoms with Gasteiger partial charge in [0.15, 0.2) is 25.1 Å². The molecule has 0 aliphatic carbocycles. The molecule has 2 aromatic rings. The lowest BCUT2D eigenvalue weighted by Crippen LogP contribution is -2.04. The second kappa shape index (κ2) is 6.98. The molecule has 0 amide bonds. The first kappa shape index (κ1) is 14.4. The van der Waals surface area contributed by atoms with Crippen LogP contribution in [0, 0.1) is 0 Å². The van der Waals surface area contributed by atoms with Crippen LogP contribution in [-0.4, -0.2) is 34.9 Å². The van der Waals surface area contributed by atoms with Crippen LogP contribution in [0.4, 0.5) is 0 Å². The van der Waals surface area contributed by atoms with Gasteiger partial charge in [-0.2, -0.15) is 0 Å². The molecule has 0 saturated carbocycles. The Morgan fingerprint density at radius 3 is 2.10 bits per heavy atom. The largest absolute Gasteiger partial charge is 0.493 e. The average Bonchev–Trinajstić information content (AvgIpc) is 2.50. The van der Waals surface area contributed by atoms with E-state index in [9.17, 15) is 0 Å². The summed E-state index contributed by atoms with van der Waals surface area (Å²) in [5.74, 6) is 1.91. The molecule has 0 radical (unpaired) electrons. The van der Waals surface area contributed by atoms with Gasteiger partial charge in [-0.1, -0.05) is 24.3 Å². The van der Waals surface area contributed by atoms with Crippen molar-refractivity contribution in [2.24, 2.45) is 0 Å². The van der Waals surface area contributed by atoms with Gasteiger partial charge in [-0.15, -0.1) is 0 Å². The second-order valence-corrected chi connectivity index (χ2v) is 4.05. The maximum absolute atomic E-state index is 5.62. The lowest BCUT2D eigenvalue weighted by atomic mass is 10.1. The molecule has 0 fully saturated rings. The Kier molecular flexibility index (Phi) is 5.03. The van der Waals surface area contributed by atoms with E-state index in [-0.39, 0.29) is 13.6 Å². The van der Waals surface area contributed by atoms with Crippen LogP contribution in [0.1, 0.15) is 0 Å². The van der Waals surface area contributed by atoms with Crippen LogP contribution in [0.2, 0.25) is 0 Å². The zero-order chi connectivity index (χ0) is 14.4. The predicted octanol–water partition coefficient (Wildman–Crippen LogP) is 2.81. The summed E-state index contributed by atoms with van der Waals surface area (Å²) in [6.07, 6.45) is 0. The van der Waals surface area contributed by atoms with E-state index in [1.807, 2.05) is 24.3 Å². The van der Waals surface area contributed by atoms with Crippen LogP contribution in [0.15, 0.2) is 30.3 Å². The Balaban J connectivity index is 2.54. The van der Waals surface area contributed by atoms with Gasteiger partial charge in [0.05, 0.1) is 7.11 Å². The molecule has 2 aromatic carbocycles. The molecule has 0 unspecified atom stereocenters. The van der Waals surface area contributed by atoms with Crippen LogP contribution in [-0.2, 0) is 9.47 Å². The van der Waals surface area contributed by atoms with E-state index in [1.54, 1.807) is 27.4 Å². The Hall–Kier alpha value is -1.98. The van der Waals surface area contributed by atoms with Crippen molar-refractivity contribution >= 4 is 10.8 Å². The molecule has 0 bridgehead atoms. The lowest BCUT2D eigenvalue weighted by Gasteiger charge is -2.16. The van der Waals surface area contributed by atoms with Crippen molar-refractivity contribution in [1.82, 2.24) is 0 Å². The maximum atomic E-state index is 5.62. The van der Waals surface area contributed by atoms with E-state index in [0.717, 1.165) is 10.8 Å². The number of benzene rings is 2. The predicted molar refractivity (Wildman–Crippen MR) is 75.5 cm³/mol. The maximum Gasteiger partial charge on any atom is 0.188 e. The third-order valence-corrected chi connectivity index (χ3v) is 2.80. The monoisotopic (exact) mass is 278 g/mol. The Morgan fingerprint density at radius 1 is 0.800 bits per heavy atom. The number of fused-ring (bicyclic) bond motifs is 1. The third-order valence-electron chi connectivity index (χ3n) is 2.80. The Bertz CT molecular complexity index is 567. The fraction of sp³-hybridized carbons (Fsp3) is 0.333. The molecule has 108 valence electrons. The van der Waals surface area contributed by atoms with Gasteiger partial charge in [0, 0.05) is 31.1 Å². The summed E-state index contributed by atoms with van der Waals surface area (Å²) < 4.78 is 26.5. The molecule has 0 saturated heterocycles. The van der Waals surface area contributed by atoms with Crippen molar-refractivity contribution in [3.63, 3.8) is 0 Å². The Morgan fingerprint density at radius 2 is 1.45 bits per heavy atom. The highest BCUT2D eigenvalue weighted by Gasteiger charge is 2.14.